The van der Waals surface area contributed by atoms with Gasteiger partial charge in [0.05, 0.1) is 11.1 Å². The molecule has 2 heterocycles. The van der Waals surface area contributed by atoms with Crippen molar-refractivity contribution in [2.45, 2.75) is 39.7 Å². The van der Waals surface area contributed by atoms with Crippen molar-refractivity contribution in [1.82, 2.24) is 10.1 Å². The van der Waals surface area contributed by atoms with Gasteiger partial charge in [0, 0.05) is 19.2 Å². The van der Waals surface area contributed by atoms with Crippen LogP contribution in [0.2, 0.25) is 0 Å². The molecule has 0 spiro atoms. The van der Waals surface area contributed by atoms with Crippen LogP contribution in [0.15, 0.2) is 34.9 Å². The van der Waals surface area contributed by atoms with Gasteiger partial charge in [-0.25, -0.2) is 0 Å². The van der Waals surface area contributed by atoms with Gasteiger partial charge in [-0.1, -0.05) is 44.1 Å². The quantitative estimate of drug-likeness (QED) is 0.573. The number of primary amides is 1. The van der Waals surface area contributed by atoms with E-state index in [9.17, 15) is 15.0 Å². The minimum absolute atomic E-state index is 0.00157. The third-order valence-electron chi connectivity index (χ3n) is 5.97. The summed E-state index contributed by atoms with van der Waals surface area (Å²) in [5.74, 6) is -0.596. The van der Waals surface area contributed by atoms with Crippen LogP contribution in [0.25, 0.3) is 22.5 Å². The summed E-state index contributed by atoms with van der Waals surface area (Å²) in [6.07, 6.45) is 0.908. The number of phenolic OH excluding ortho intramolecular Hbond substituents is 2. The molecule has 1 amide bonds. The molecule has 1 aromatic heterocycles. The number of aromatic nitrogens is 1. The number of hydrogen-bond donors (Lipinski definition) is 3. The van der Waals surface area contributed by atoms with E-state index >= 15 is 0 Å². The molecule has 0 aliphatic carbocycles. The van der Waals surface area contributed by atoms with E-state index in [-0.39, 0.29) is 28.9 Å². The standard InChI is InChI=1S/C24H27N3O4/c1-4-27-8-7-14-9-15(5-6-16(14)12-27)21-22(24(25)30)26-31-23(21)18-10-17(13(2)3)19(28)11-20(18)29/h5-6,9-11,13,28-29H,4,7-8,12H2,1-3H3,(H2,25,30). The molecule has 0 unspecified atom stereocenters. The van der Waals surface area contributed by atoms with Crippen molar-refractivity contribution in [3.8, 4) is 33.9 Å². The van der Waals surface area contributed by atoms with Crippen molar-refractivity contribution in [2.24, 2.45) is 5.73 Å². The maximum absolute atomic E-state index is 12.1. The molecule has 162 valence electrons. The van der Waals surface area contributed by atoms with E-state index in [4.69, 9.17) is 10.3 Å². The fourth-order valence-electron chi connectivity index (χ4n) is 4.19. The van der Waals surface area contributed by atoms with Crippen LogP contribution in [-0.4, -0.2) is 39.3 Å². The highest BCUT2D eigenvalue weighted by Crippen LogP contribution is 2.43. The van der Waals surface area contributed by atoms with Gasteiger partial charge in [0.1, 0.15) is 11.5 Å². The van der Waals surface area contributed by atoms with E-state index in [2.05, 4.69) is 23.0 Å². The first kappa shape index (κ1) is 20.9. The minimum atomic E-state index is -0.706. The number of benzene rings is 2. The van der Waals surface area contributed by atoms with Crippen LogP contribution >= 0.6 is 0 Å². The van der Waals surface area contributed by atoms with E-state index in [1.807, 2.05) is 26.0 Å². The van der Waals surface area contributed by atoms with E-state index in [0.717, 1.165) is 31.6 Å². The minimum Gasteiger partial charge on any atom is -0.508 e. The third-order valence-corrected chi connectivity index (χ3v) is 5.97. The zero-order chi connectivity index (χ0) is 22.3. The fourth-order valence-corrected chi connectivity index (χ4v) is 4.19. The van der Waals surface area contributed by atoms with Crippen LogP contribution < -0.4 is 5.73 Å². The van der Waals surface area contributed by atoms with Crippen LogP contribution in [0.5, 0.6) is 11.5 Å². The lowest BCUT2D eigenvalue weighted by Gasteiger charge is -2.27. The molecule has 2 aromatic carbocycles. The van der Waals surface area contributed by atoms with Crippen LogP contribution in [0.3, 0.4) is 0 Å². The largest absolute Gasteiger partial charge is 0.508 e. The normalized spacial score (nSPS) is 14.1. The lowest BCUT2D eigenvalue weighted by molar-refractivity contribution is 0.0992. The van der Waals surface area contributed by atoms with Gasteiger partial charge in [0.15, 0.2) is 11.5 Å². The second kappa shape index (κ2) is 8.07. The molecular formula is C24H27N3O4. The average molecular weight is 421 g/mol. The molecule has 0 saturated heterocycles. The van der Waals surface area contributed by atoms with E-state index in [1.165, 1.54) is 17.2 Å². The van der Waals surface area contributed by atoms with Crippen LogP contribution in [0, 0.1) is 0 Å². The Kier molecular flexibility index (Phi) is 5.45. The zero-order valence-electron chi connectivity index (χ0n) is 18.0. The van der Waals surface area contributed by atoms with Gasteiger partial charge in [-0.15, -0.1) is 0 Å². The molecule has 1 aliphatic rings. The number of carbonyl (C=O) groups excluding carboxylic acids is 1. The maximum atomic E-state index is 12.1. The summed E-state index contributed by atoms with van der Waals surface area (Å²) in [5.41, 5.74) is 10.3. The molecule has 7 nitrogen and oxygen atoms in total. The zero-order valence-corrected chi connectivity index (χ0v) is 18.0. The van der Waals surface area contributed by atoms with Gasteiger partial charge in [-0.05, 0) is 47.2 Å². The van der Waals surface area contributed by atoms with Crippen molar-refractivity contribution in [3.63, 3.8) is 0 Å². The molecule has 1 aliphatic heterocycles. The first-order valence-electron chi connectivity index (χ1n) is 10.5. The summed E-state index contributed by atoms with van der Waals surface area (Å²) in [7, 11) is 0. The molecule has 0 fully saturated rings. The number of nitrogens with zero attached hydrogens (tertiary/aromatic N) is 2. The SMILES string of the molecule is CCN1CCc2cc(-c3c(C(N)=O)noc3-c3cc(C(C)C)c(O)cc3O)ccc2C1. The van der Waals surface area contributed by atoms with E-state index in [0.29, 0.717) is 16.7 Å². The lowest BCUT2D eigenvalue weighted by atomic mass is 9.91. The summed E-state index contributed by atoms with van der Waals surface area (Å²) in [4.78, 5) is 14.5. The molecule has 7 heteroatoms. The number of fused-ring (bicyclic) bond motifs is 1. The van der Waals surface area contributed by atoms with Gasteiger partial charge >= 0.3 is 0 Å². The highest BCUT2D eigenvalue weighted by molar-refractivity contribution is 6.01. The van der Waals surface area contributed by atoms with E-state index < -0.39 is 5.91 Å². The molecule has 31 heavy (non-hydrogen) atoms. The number of likely N-dealkylation sites (N-methyl/N-ethyl adjacent to an activating group) is 1. The first-order chi connectivity index (χ1) is 14.8. The number of phenols is 2. The maximum Gasteiger partial charge on any atom is 0.271 e. The highest BCUT2D eigenvalue weighted by atomic mass is 16.5. The van der Waals surface area contributed by atoms with Gasteiger partial charge in [0.25, 0.3) is 5.91 Å². The van der Waals surface area contributed by atoms with Crippen molar-refractivity contribution in [3.05, 3.63) is 52.7 Å². The number of hydrogen-bond acceptors (Lipinski definition) is 6. The topological polar surface area (TPSA) is 113 Å². The number of nitrogens with two attached hydrogens (primary N) is 1. The summed E-state index contributed by atoms with van der Waals surface area (Å²) >= 11 is 0. The number of amides is 1. The Morgan fingerprint density at radius 3 is 2.65 bits per heavy atom. The van der Waals surface area contributed by atoms with Crippen molar-refractivity contribution in [1.29, 1.82) is 0 Å². The number of carbonyl (C=O) groups is 1. The smallest absolute Gasteiger partial charge is 0.271 e. The molecule has 3 aromatic rings. The highest BCUT2D eigenvalue weighted by Gasteiger charge is 2.27. The third kappa shape index (κ3) is 3.77. The average Bonchev–Trinajstić information content (AvgIpc) is 3.18. The Balaban J connectivity index is 1.88. The predicted octanol–water partition coefficient (Wildman–Crippen LogP) is 4.02. The summed E-state index contributed by atoms with van der Waals surface area (Å²) in [5, 5.41) is 24.7. The Morgan fingerprint density at radius 1 is 1.19 bits per heavy atom. The Hall–Kier alpha value is -3.32. The molecule has 0 saturated carbocycles. The molecule has 4 rings (SSSR count). The molecule has 0 radical (unpaired) electrons. The Labute approximate surface area is 181 Å². The van der Waals surface area contributed by atoms with Crippen LogP contribution in [0.4, 0.5) is 0 Å². The van der Waals surface area contributed by atoms with Crippen LogP contribution in [0.1, 0.15) is 53.9 Å². The van der Waals surface area contributed by atoms with Crippen molar-refractivity contribution < 1.29 is 19.5 Å². The predicted molar refractivity (Wildman–Crippen MR) is 118 cm³/mol. The van der Waals surface area contributed by atoms with Crippen molar-refractivity contribution in [2.75, 3.05) is 13.1 Å². The van der Waals surface area contributed by atoms with Gasteiger partial charge < -0.3 is 20.5 Å². The summed E-state index contributed by atoms with van der Waals surface area (Å²) < 4.78 is 5.53. The summed E-state index contributed by atoms with van der Waals surface area (Å²) in [6.45, 7) is 8.90. The molecule has 0 atom stereocenters. The monoisotopic (exact) mass is 421 g/mol. The van der Waals surface area contributed by atoms with Gasteiger partial charge in [-0.3, -0.25) is 9.69 Å². The fraction of sp³-hybridized carbons (Fsp3) is 0.333. The molecular weight excluding hydrogens is 394 g/mol. The first-order valence-corrected chi connectivity index (χ1v) is 10.5. The number of aromatic hydroxyl groups is 2. The second-order valence-electron chi connectivity index (χ2n) is 8.28. The Bertz CT molecular complexity index is 1150. The van der Waals surface area contributed by atoms with Crippen LogP contribution in [-0.2, 0) is 13.0 Å². The molecule has 0 bridgehead atoms. The summed E-state index contributed by atoms with van der Waals surface area (Å²) in [6, 6.07) is 8.99. The van der Waals surface area contributed by atoms with Gasteiger partial charge in [0.2, 0.25) is 0 Å². The lowest BCUT2D eigenvalue weighted by Crippen LogP contribution is -2.30. The van der Waals surface area contributed by atoms with Gasteiger partial charge in [-0.2, -0.15) is 0 Å². The number of rotatable bonds is 5. The van der Waals surface area contributed by atoms with Crippen molar-refractivity contribution >= 4 is 5.91 Å². The second-order valence-corrected chi connectivity index (χ2v) is 8.28. The Morgan fingerprint density at radius 2 is 1.97 bits per heavy atom. The molecule has 4 N–H and O–H groups in total. The van der Waals surface area contributed by atoms with E-state index in [1.54, 1.807) is 6.07 Å².